The highest BCUT2D eigenvalue weighted by atomic mass is 32.2. The number of carbonyl (C=O) groups excluding carboxylic acids is 1. The minimum Gasteiger partial charge on any atom is -0.282 e. The SMILES string of the molecule is [CH]C(=O)[SH](=O)=O. The molecule has 4 heteroatoms. The van der Waals surface area contributed by atoms with Crippen LogP contribution in [-0.4, -0.2) is 13.5 Å². The highest BCUT2D eigenvalue weighted by Crippen LogP contribution is 1.60. The summed E-state index contributed by atoms with van der Waals surface area (Å²) in [5.74, 6) is 0. The molecule has 3 nitrogen and oxygen atoms in total. The summed E-state index contributed by atoms with van der Waals surface area (Å²) in [7, 11) is -3.02. The average molecular weight is 106 g/mol. The largest absolute Gasteiger partial charge is 0.282 e. The molecule has 0 bridgehead atoms. The van der Waals surface area contributed by atoms with Gasteiger partial charge in [-0.3, -0.25) is 4.79 Å². The summed E-state index contributed by atoms with van der Waals surface area (Å²) in [4.78, 5) is 9.33. The maximum atomic E-state index is 9.33. The molecule has 6 heavy (non-hydrogen) atoms. The molecule has 0 rings (SSSR count). The first-order valence-electron chi connectivity index (χ1n) is 1.08. The molecule has 0 heterocycles. The standard InChI is InChI=1S/C2H2O3S/c1-2(3)6(4)5/h1,6H. The molecule has 0 aromatic rings. The van der Waals surface area contributed by atoms with E-state index in [0.29, 0.717) is 0 Å². The van der Waals surface area contributed by atoms with E-state index in [1.807, 2.05) is 0 Å². The molecule has 0 spiro atoms. The van der Waals surface area contributed by atoms with Crippen molar-refractivity contribution in [3.8, 4) is 0 Å². The predicted octanol–water partition coefficient (Wildman–Crippen LogP) is -1.16. The zero-order valence-corrected chi connectivity index (χ0v) is 3.64. The second kappa shape index (κ2) is 1.92. The van der Waals surface area contributed by atoms with E-state index < -0.39 is 15.8 Å². The second-order valence-electron chi connectivity index (χ2n) is 0.595. The van der Waals surface area contributed by atoms with Gasteiger partial charge in [0.05, 0.1) is 6.92 Å². The molecule has 0 fully saturated rings. The summed E-state index contributed by atoms with van der Waals surface area (Å²) in [6.45, 7) is 4.20. The van der Waals surface area contributed by atoms with E-state index in [1.165, 1.54) is 0 Å². The van der Waals surface area contributed by atoms with Gasteiger partial charge in [-0.1, -0.05) is 0 Å². The zero-order chi connectivity index (χ0) is 5.15. The van der Waals surface area contributed by atoms with E-state index in [4.69, 9.17) is 0 Å². The average Bonchev–Trinajstić information content (AvgIpc) is 1.36. The third-order valence-electron chi connectivity index (χ3n) is 0.180. The third kappa shape index (κ3) is 1.90. The lowest BCUT2D eigenvalue weighted by Crippen LogP contribution is -1.88. The molecule has 0 aliphatic carbocycles. The molecular formula is C2H2O3S. The topological polar surface area (TPSA) is 51.2 Å². The van der Waals surface area contributed by atoms with Gasteiger partial charge >= 0.3 is 0 Å². The Bertz CT molecular complexity index is 115. The van der Waals surface area contributed by atoms with Crippen LogP contribution in [0.3, 0.4) is 0 Å². The van der Waals surface area contributed by atoms with Crippen LogP contribution in [0.15, 0.2) is 0 Å². The normalized spacial score (nSPS) is 9.00. The van der Waals surface area contributed by atoms with Crippen molar-refractivity contribution < 1.29 is 13.2 Å². The molecule has 0 amide bonds. The molecule has 34 valence electrons. The summed E-state index contributed by atoms with van der Waals surface area (Å²) in [6, 6.07) is 0. The highest BCUT2D eigenvalue weighted by molar-refractivity contribution is 7.89. The lowest BCUT2D eigenvalue weighted by atomic mass is 10.9. The monoisotopic (exact) mass is 106 g/mol. The van der Waals surface area contributed by atoms with Crippen molar-refractivity contribution in [2.75, 3.05) is 0 Å². The number of carbonyl (C=O) groups is 1. The Labute approximate surface area is 36.9 Å². The van der Waals surface area contributed by atoms with E-state index in [1.54, 1.807) is 0 Å². The smallest absolute Gasteiger partial charge is 0.248 e. The zero-order valence-electron chi connectivity index (χ0n) is 2.75. The lowest BCUT2D eigenvalue weighted by molar-refractivity contribution is -0.107. The van der Waals surface area contributed by atoms with Crippen molar-refractivity contribution in [1.29, 1.82) is 0 Å². The Balaban J connectivity index is 3.94. The quantitative estimate of drug-likeness (QED) is 0.396. The first kappa shape index (κ1) is 5.62. The summed E-state index contributed by atoms with van der Waals surface area (Å²) in [6.07, 6.45) is 0. The van der Waals surface area contributed by atoms with Gasteiger partial charge in [0.1, 0.15) is 0 Å². The first-order valence-corrected chi connectivity index (χ1v) is 2.26. The van der Waals surface area contributed by atoms with E-state index >= 15 is 0 Å². The lowest BCUT2D eigenvalue weighted by Gasteiger charge is -1.62. The van der Waals surface area contributed by atoms with Crippen LogP contribution < -0.4 is 0 Å². The maximum Gasteiger partial charge on any atom is 0.248 e. The predicted molar refractivity (Wildman–Crippen MR) is 19.6 cm³/mol. The molecule has 0 aliphatic heterocycles. The Morgan fingerprint density at radius 1 is 1.50 bits per heavy atom. The van der Waals surface area contributed by atoms with Gasteiger partial charge in [-0.05, 0) is 0 Å². The van der Waals surface area contributed by atoms with Gasteiger partial charge in [0.25, 0.3) is 0 Å². The van der Waals surface area contributed by atoms with E-state index in [2.05, 4.69) is 6.92 Å². The van der Waals surface area contributed by atoms with Crippen LogP contribution in [-0.2, 0) is 15.5 Å². The fourth-order valence-corrected chi connectivity index (χ4v) is 0. The van der Waals surface area contributed by atoms with Crippen LogP contribution in [0.4, 0.5) is 0 Å². The van der Waals surface area contributed by atoms with Crippen LogP contribution in [0.2, 0.25) is 0 Å². The molecule has 0 N–H and O–H groups in total. The molecule has 0 unspecified atom stereocenters. The van der Waals surface area contributed by atoms with Gasteiger partial charge in [-0.2, -0.15) is 0 Å². The Hall–Kier alpha value is -0.380. The first-order chi connectivity index (χ1) is 2.64. The maximum absolute atomic E-state index is 9.33. The molecule has 0 aliphatic rings. The van der Waals surface area contributed by atoms with E-state index in [0.717, 1.165) is 0 Å². The van der Waals surface area contributed by atoms with Gasteiger partial charge in [0.2, 0.25) is 15.8 Å². The molecule has 0 aromatic heterocycles. The summed E-state index contributed by atoms with van der Waals surface area (Å²) < 4.78 is 18.5. The van der Waals surface area contributed by atoms with Crippen LogP contribution in [0.1, 0.15) is 0 Å². The number of rotatable bonds is 0. The van der Waals surface area contributed by atoms with Gasteiger partial charge < -0.3 is 0 Å². The number of hydrogen-bond donors (Lipinski definition) is 1. The second-order valence-corrected chi connectivity index (χ2v) is 1.55. The Morgan fingerprint density at radius 2 is 1.67 bits per heavy atom. The van der Waals surface area contributed by atoms with Crippen LogP contribution in [0.25, 0.3) is 0 Å². The highest BCUT2D eigenvalue weighted by Gasteiger charge is 1.87. The van der Waals surface area contributed by atoms with Crippen molar-refractivity contribution in [2.24, 2.45) is 0 Å². The molecule has 0 saturated carbocycles. The number of thiol groups is 1. The van der Waals surface area contributed by atoms with Gasteiger partial charge in [0, 0.05) is 0 Å². The van der Waals surface area contributed by atoms with Crippen LogP contribution in [0, 0.1) is 6.92 Å². The Morgan fingerprint density at radius 3 is 1.67 bits per heavy atom. The number of hydrogen-bond acceptors (Lipinski definition) is 3. The van der Waals surface area contributed by atoms with Crippen molar-refractivity contribution in [3.05, 3.63) is 6.92 Å². The molecular weight excluding hydrogens is 104 g/mol. The minimum absolute atomic E-state index is 1.29. The molecule has 0 aromatic carbocycles. The summed E-state index contributed by atoms with van der Waals surface area (Å²) in [5, 5.41) is -1.29. The van der Waals surface area contributed by atoms with Crippen molar-refractivity contribution in [3.63, 3.8) is 0 Å². The third-order valence-corrected chi connectivity index (χ3v) is 0.540. The minimum atomic E-state index is -3.02. The molecule has 2 radical (unpaired) electrons. The van der Waals surface area contributed by atoms with Crippen molar-refractivity contribution in [2.45, 2.75) is 0 Å². The van der Waals surface area contributed by atoms with Crippen molar-refractivity contribution in [1.82, 2.24) is 0 Å². The Kier molecular flexibility index (Phi) is 1.80. The van der Waals surface area contributed by atoms with E-state index in [9.17, 15) is 13.2 Å². The fraction of sp³-hybridized carbons (Fsp3) is 0. The summed E-state index contributed by atoms with van der Waals surface area (Å²) >= 11 is 0. The van der Waals surface area contributed by atoms with E-state index in [-0.39, 0.29) is 0 Å². The van der Waals surface area contributed by atoms with Crippen LogP contribution in [0.5, 0.6) is 0 Å². The molecule has 0 saturated heterocycles. The van der Waals surface area contributed by atoms with Gasteiger partial charge in [-0.15, -0.1) is 0 Å². The van der Waals surface area contributed by atoms with Gasteiger partial charge in [0.15, 0.2) is 0 Å². The van der Waals surface area contributed by atoms with Crippen molar-refractivity contribution >= 4 is 15.8 Å². The van der Waals surface area contributed by atoms with Gasteiger partial charge in [-0.25, -0.2) is 8.42 Å². The molecule has 0 atom stereocenters. The summed E-state index contributed by atoms with van der Waals surface area (Å²) in [5.41, 5.74) is 0. The van der Waals surface area contributed by atoms with Crippen LogP contribution >= 0.6 is 0 Å². The fourth-order valence-electron chi connectivity index (χ4n) is 0.